The number of aromatic nitrogens is 3. The maximum atomic E-state index is 12.8. The molecule has 8 heteroatoms. The van der Waals surface area contributed by atoms with Crippen LogP contribution in [-0.2, 0) is 11.2 Å². The van der Waals surface area contributed by atoms with Crippen molar-refractivity contribution < 1.29 is 14.6 Å². The number of imidazole rings is 1. The molecule has 8 nitrogen and oxygen atoms in total. The molecule has 0 aliphatic carbocycles. The predicted molar refractivity (Wildman–Crippen MR) is 127 cm³/mol. The molecule has 0 unspecified atom stereocenters. The van der Waals surface area contributed by atoms with Gasteiger partial charge in [0.1, 0.15) is 11.4 Å². The van der Waals surface area contributed by atoms with Crippen LogP contribution in [0.5, 0.6) is 0 Å². The Kier molecular flexibility index (Phi) is 6.55. The number of aromatic amines is 2. The summed E-state index contributed by atoms with van der Waals surface area (Å²) < 4.78 is 5.10. The average molecular weight is 447 g/mol. The zero-order valence-corrected chi connectivity index (χ0v) is 18.5. The first-order valence-electron chi connectivity index (χ1n) is 10.8. The largest absolute Gasteiger partial charge is 0.462 e. The van der Waals surface area contributed by atoms with Gasteiger partial charge in [-0.1, -0.05) is 30.3 Å². The summed E-state index contributed by atoms with van der Waals surface area (Å²) in [6, 6.07) is 14.7. The highest BCUT2D eigenvalue weighted by Gasteiger charge is 2.19. The summed E-state index contributed by atoms with van der Waals surface area (Å²) in [7, 11) is 0. The van der Waals surface area contributed by atoms with Gasteiger partial charge in [0.25, 0.3) is 5.56 Å². The second kappa shape index (κ2) is 9.70. The number of pyridine rings is 1. The summed E-state index contributed by atoms with van der Waals surface area (Å²) in [5.41, 5.74) is 4.13. The van der Waals surface area contributed by atoms with Gasteiger partial charge in [0.05, 0.1) is 41.5 Å². The highest BCUT2D eigenvalue weighted by Crippen LogP contribution is 2.27. The number of aliphatic hydroxyl groups is 1. The lowest BCUT2D eigenvalue weighted by molar-refractivity contribution is 0.0526. The van der Waals surface area contributed by atoms with E-state index in [-0.39, 0.29) is 24.8 Å². The number of fused-ring (bicyclic) bond motifs is 1. The third kappa shape index (κ3) is 4.80. The molecule has 0 bridgehead atoms. The van der Waals surface area contributed by atoms with E-state index in [1.54, 1.807) is 31.3 Å². The molecule has 1 atom stereocenters. The number of benzene rings is 2. The Bertz CT molecular complexity index is 1330. The average Bonchev–Trinajstić information content (AvgIpc) is 3.24. The molecule has 2 heterocycles. The highest BCUT2D eigenvalue weighted by atomic mass is 16.5. The molecule has 0 aliphatic heterocycles. The number of ether oxygens (including phenoxy) is 1. The van der Waals surface area contributed by atoms with E-state index in [1.165, 1.54) is 0 Å². The van der Waals surface area contributed by atoms with Crippen molar-refractivity contribution in [2.75, 3.05) is 18.5 Å². The number of hydrogen-bond donors (Lipinski definition) is 4. The third-order valence-corrected chi connectivity index (χ3v) is 5.39. The van der Waals surface area contributed by atoms with Gasteiger partial charge in [-0.15, -0.1) is 0 Å². The molecule has 0 fully saturated rings. The van der Waals surface area contributed by atoms with Gasteiger partial charge in [0.15, 0.2) is 0 Å². The number of aliphatic hydroxyl groups excluding tert-OH is 1. The van der Waals surface area contributed by atoms with Crippen LogP contribution in [0.15, 0.2) is 59.5 Å². The number of hydrogen-bond acceptors (Lipinski definition) is 6. The molecule has 33 heavy (non-hydrogen) atoms. The Labute approximate surface area is 190 Å². The monoisotopic (exact) mass is 446 g/mol. The van der Waals surface area contributed by atoms with Crippen molar-refractivity contribution in [2.45, 2.75) is 26.3 Å². The van der Waals surface area contributed by atoms with Gasteiger partial charge < -0.3 is 25.1 Å². The molecule has 0 radical (unpaired) electrons. The minimum Gasteiger partial charge on any atom is -0.462 e. The molecule has 170 valence electrons. The summed E-state index contributed by atoms with van der Waals surface area (Å²) in [5.74, 6) is -0.0416. The molecule has 0 saturated heterocycles. The quantitative estimate of drug-likeness (QED) is 0.308. The van der Waals surface area contributed by atoms with Crippen molar-refractivity contribution in [3.63, 3.8) is 0 Å². The molecule has 4 N–H and O–H groups in total. The molecule has 0 aliphatic rings. The van der Waals surface area contributed by atoms with Crippen molar-refractivity contribution in [1.29, 1.82) is 0 Å². The second-order valence-electron chi connectivity index (χ2n) is 7.80. The molecule has 0 amide bonds. The van der Waals surface area contributed by atoms with E-state index in [0.717, 1.165) is 11.1 Å². The van der Waals surface area contributed by atoms with Gasteiger partial charge in [-0.3, -0.25) is 4.79 Å². The van der Waals surface area contributed by atoms with Gasteiger partial charge in [0, 0.05) is 6.20 Å². The van der Waals surface area contributed by atoms with Gasteiger partial charge in [-0.05, 0) is 49.6 Å². The molecule has 0 saturated carbocycles. The van der Waals surface area contributed by atoms with Gasteiger partial charge in [0.2, 0.25) is 0 Å². The molecule has 2 aromatic heterocycles. The first-order valence-corrected chi connectivity index (χ1v) is 10.8. The number of H-pyrrole nitrogens is 2. The lowest BCUT2D eigenvalue weighted by atomic mass is 10.1. The Morgan fingerprint density at radius 3 is 2.73 bits per heavy atom. The van der Waals surface area contributed by atoms with E-state index >= 15 is 0 Å². The topological polar surface area (TPSA) is 120 Å². The zero-order chi connectivity index (χ0) is 23.4. The first-order chi connectivity index (χ1) is 16.0. The number of esters is 1. The summed E-state index contributed by atoms with van der Waals surface area (Å²) in [6.45, 7) is 3.79. The van der Waals surface area contributed by atoms with Gasteiger partial charge >= 0.3 is 5.97 Å². The number of nitrogens with zero attached hydrogens (tertiary/aromatic N) is 1. The Hall–Kier alpha value is -3.91. The fourth-order valence-corrected chi connectivity index (χ4v) is 3.85. The van der Waals surface area contributed by atoms with E-state index in [4.69, 9.17) is 4.74 Å². The molecule has 2 aromatic carbocycles. The molecule has 4 rings (SSSR count). The minimum atomic E-state index is -0.412. The van der Waals surface area contributed by atoms with Crippen LogP contribution in [0, 0.1) is 6.92 Å². The smallest absolute Gasteiger partial charge is 0.338 e. The SMILES string of the molecule is CCOC(=O)c1cc(C)c2nc(-c3c(N[C@H](CO)Cc4ccccc4)cc[nH]c3=O)[nH]c2c1. The summed E-state index contributed by atoms with van der Waals surface area (Å²) >= 11 is 0. The Balaban J connectivity index is 1.71. The van der Waals surface area contributed by atoms with Crippen LogP contribution in [0.25, 0.3) is 22.4 Å². The Morgan fingerprint density at radius 1 is 1.21 bits per heavy atom. The van der Waals surface area contributed by atoms with Crippen molar-refractivity contribution in [2.24, 2.45) is 0 Å². The zero-order valence-electron chi connectivity index (χ0n) is 18.5. The van der Waals surface area contributed by atoms with E-state index in [2.05, 4.69) is 20.3 Å². The number of aryl methyl sites for hydroxylation is 1. The molecule has 4 aromatic rings. The van der Waals surface area contributed by atoms with E-state index in [0.29, 0.717) is 40.1 Å². The number of rotatable bonds is 8. The Morgan fingerprint density at radius 2 is 2.00 bits per heavy atom. The fraction of sp³-hybridized carbons (Fsp3) is 0.240. The van der Waals surface area contributed by atoms with Crippen LogP contribution in [-0.4, -0.2) is 45.3 Å². The van der Waals surface area contributed by atoms with Crippen LogP contribution in [0.2, 0.25) is 0 Å². The summed E-state index contributed by atoms with van der Waals surface area (Å²) in [5, 5.41) is 13.2. The third-order valence-electron chi connectivity index (χ3n) is 5.39. The number of anilines is 1. The first kappa shape index (κ1) is 22.3. The van der Waals surface area contributed by atoms with Crippen LogP contribution >= 0.6 is 0 Å². The van der Waals surface area contributed by atoms with E-state index in [9.17, 15) is 14.7 Å². The van der Waals surface area contributed by atoms with Crippen LogP contribution in [0.1, 0.15) is 28.4 Å². The summed E-state index contributed by atoms with van der Waals surface area (Å²) in [4.78, 5) is 35.5. The van der Waals surface area contributed by atoms with Crippen molar-refractivity contribution in [3.05, 3.63) is 81.8 Å². The number of carbonyl (C=O) groups excluding carboxylic acids is 1. The van der Waals surface area contributed by atoms with E-state index in [1.807, 2.05) is 37.3 Å². The second-order valence-corrected chi connectivity index (χ2v) is 7.80. The number of carbonyl (C=O) groups is 1. The molecule has 0 spiro atoms. The maximum absolute atomic E-state index is 12.8. The number of nitrogens with one attached hydrogen (secondary N) is 3. The van der Waals surface area contributed by atoms with Gasteiger partial charge in [-0.2, -0.15) is 0 Å². The fourth-order valence-electron chi connectivity index (χ4n) is 3.85. The predicted octanol–water partition coefficient (Wildman–Crippen LogP) is 3.42. The molecular formula is C25H26N4O4. The van der Waals surface area contributed by atoms with Crippen molar-refractivity contribution >= 4 is 22.7 Å². The lowest BCUT2D eigenvalue weighted by Crippen LogP contribution is -2.28. The summed E-state index contributed by atoms with van der Waals surface area (Å²) in [6.07, 6.45) is 2.14. The lowest BCUT2D eigenvalue weighted by Gasteiger charge is -2.19. The van der Waals surface area contributed by atoms with Crippen LogP contribution in [0.3, 0.4) is 0 Å². The van der Waals surface area contributed by atoms with Crippen LogP contribution in [0.4, 0.5) is 5.69 Å². The minimum absolute atomic E-state index is 0.108. The van der Waals surface area contributed by atoms with E-state index < -0.39 is 5.97 Å². The van der Waals surface area contributed by atoms with Gasteiger partial charge in [-0.25, -0.2) is 9.78 Å². The standard InChI is InChI=1S/C25H26N4O4/c1-3-33-25(32)17-11-15(2)22-20(13-17)28-23(29-22)21-19(9-10-26-24(21)31)27-18(14-30)12-16-7-5-4-6-8-16/h4-11,13,18,30H,3,12,14H2,1-2H3,(H,28,29)(H2,26,27,31)/t18-/m0/s1. The van der Waals surface area contributed by atoms with Crippen molar-refractivity contribution in [1.82, 2.24) is 15.0 Å². The molecular weight excluding hydrogens is 420 g/mol. The highest BCUT2D eigenvalue weighted by molar-refractivity contribution is 5.95. The van der Waals surface area contributed by atoms with Crippen molar-refractivity contribution in [3.8, 4) is 11.4 Å². The maximum Gasteiger partial charge on any atom is 0.338 e. The normalized spacial score (nSPS) is 12.0. The van der Waals surface area contributed by atoms with Crippen LogP contribution < -0.4 is 10.9 Å².